The highest BCUT2D eigenvalue weighted by Crippen LogP contribution is 2.24. The summed E-state index contributed by atoms with van der Waals surface area (Å²) in [6.45, 7) is 0. The minimum absolute atomic E-state index is 0.0516. The zero-order valence-electron chi connectivity index (χ0n) is 11.8. The molecular formula is C15H20ClFN2O. The molecule has 0 aromatic heterocycles. The Kier molecular flexibility index (Phi) is 5.00. The fourth-order valence-corrected chi connectivity index (χ4v) is 2.94. The number of amides is 1. The van der Waals surface area contributed by atoms with Crippen molar-refractivity contribution in [1.82, 2.24) is 10.2 Å². The number of halogens is 2. The maximum atomic E-state index is 13.7. The normalized spacial score (nSPS) is 22.6. The predicted octanol–water partition coefficient (Wildman–Crippen LogP) is 3.08. The zero-order valence-corrected chi connectivity index (χ0v) is 12.6. The minimum Gasteiger partial charge on any atom is -0.339 e. The van der Waals surface area contributed by atoms with Crippen molar-refractivity contribution < 1.29 is 9.18 Å². The van der Waals surface area contributed by atoms with Crippen LogP contribution in [0.5, 0.6) is 0 Å². The Labute approximate surface area is 124 Å². The molecule has 0 unspecified atom stereocenters. The van der Waals surface area contributed by atoms with Gasteiger partial charge in [0.2, 0.25) is 0 Å². The Morgan fingerprint density at radius 3 is 2.60 bits per heavy atom. The van der Waals surface area contributed by atoms with Crippen LogP contribution in [0.15, 0.2) is 18.2 Å². The fraction of sp³-hybridized carbons (Fsp3) is 0.533. The van der Waals surface area contributed by atoms with Gasteiger partial charge in [-0.2, -0.15) is 0 Å². The second-order valence-electron chi connectivity index (χ2n) is 5.33. The lowest BCUT2D eigenvalue weighted by molar-refractivity contribution is 0.0681. The third-order valence-corrected chi connectivity index (χ3v) is 4.37. The number of nitrogens with zero attached hydrogens (tertiary/aromatic N) is 1. The molecule has 0 saturated heterocycles. The molecular weight excluding hydrogens is 279 g/mol. The van der Waals surface area contributed by atoms with E-state index in [1.165, 1.54) is 18.2 Å². The average Bonchev–Trinajstić information content (AvgIpc) is 2.48. The van der Waals surface area contributed by atoms with E-state index in [0.717, 1.165) is 25.7 Å². The summed E-state index contributed by atoms with van der Waals surface area (Å²) in [5.74, 6) is -0.812. The summed E-state index contributed by atoms with van der Waals surface area (Å²) in [5.41, 5.74) is 0.0516. The van der Waals surface area contributed by atoms with Crippen LogP contribution in [0.2, 0.25) is 5.02 Å². The van der Waals surface area contributed by atoms with Gasteiger partial charge in [0, 0.05) is 24.2 Å². The minimum atomic E-state index is -0.518. The zero-order chi connectivity index (χ0) is 14.7. The van der Waals surface area contributed by atoms with Crippen molar-refractivity contribution in [1.29, 1.82) is 0 Å². The highest BCUT2D eigenvalue weighted by Gasteiger charge is 2.27. The Hall–Kier alpha value is -1.13. The van der Waals surface area contributed by atoms with E-state index in [4.69, 9.17) is 11.6 Å². The summed E-state index contributed by atoms with van der Waals surface area (Å²) in [4.78, 5) is 14.0. The van der Waals surface area contributed by atoms with Gasteiger partial charge in [-0.1, -0.05) is 11.6 Å². The lowest BCUT2D eigenvalue weighted by Gasteiger charge is -2.34. The van der Waals surface area contributed by atoms with Crippen LogP contribution >= 0.6 is 11.6 Å². The van der Waals surface area contributed by atoms with E-state index in [0.29, 0.717) is 11.1 Å². The number of hydrogen-bond donors (Lipinski definition) is 1. The van der Waals surface area contributed by atoms with E-state index in [9.17, 15) is 9.18 Å². The number of nitrogens with one attached hydrogen (secondary N) is 1. The molecule has 110 valence electrons. The molecule has 0 atom stereocenters. The van der Waals surface area contributed by atoms with Gasteiger partial charge in [-0.05, 0) is 50.9 Å². The first-order valence-corrected chi connectivity index (χ1v) is 7.30. The summed E-state index contributed by atoms with van der Waals surface area (Å²) in [5, 5.41) is 3.64. The first kappa shape index (κ1) is 15.3. The molecule has 2 rings (SSSR count). The molecule has 1 aromatic carbocycles. The first-order valence-electron chi connectivity index (χ1n) is 6.92. The van der Waals surface area contributed by atoms with Gasteiger partial charge in [-0.3, -0.25) is 4.79 Å². The third-order valence-electron chi connectivity index (χ3n) is 4.13. The van der Waals surface area contributed by atoms with Crippen LogP contribution in [0.3, 0.4) is 0 Å². The van der Waals surface area contributed by atoms with E-state index in [1.807, 2.05) is 7.05 Å². The molecule has 1 aromatic rings. The van der Waals surface area contributed by atoms with Gasteiger partial charge >= 0.3 is 0 Å². The van der Waals surface area contributed by atoms with Crippen LogP contribution in [-0.4, -0.2) is 37.0 Å². The predicted molar refractivity (Wildman–Crippen MR) is 78.6 cm³/mol. The van der Waals surface area contributed by atoms with Crippen LogP contribution < -0.4 is 5.32 Å². The molecule has 20 heavy (non-hydrogen) atoms. The molecule has 0 spiro atoms. The quantitative estimate of drug-likeness (QED) is 0.930. The van der Waals surface area contributed by atoms with Gasteiger partial charge in [0.15, 0.2) is 0 Å². The fourth-order valence-electron chi connectivity index (χ4n) is 2.77. The molecule has 1 fully saturated rings. The molecule has 1 saturated carbocycles. The van der Waals surface area contributed by atoms with E-state index < -0.39 is 5.82 Å². The third kappa shape index (κ3) is 3.30. The molecule has 5 heteroatoms. The van der Waals surface area contributed by atoms with Crippen LogP contribution in [0.25, 0.3) is 0 Å². The second-order valence-corrected chi connectivity index (χ2v) is 5.77. The van der Waals surface area contributed by atoms with Gasteiger partial charge in [0.25, 0.3) is 5.91 Å². The largest absolute Gasteiger partial charge is 0.339 e. The smallest absolute Gasteiger partial charge is 0.256 e. The van der Waals surface area contributed by atoms with Crippen LogP contribution in [0.1, 0.15) is 36.0 Å². The summed E-state index contributed by atoms with van der Waals surface area (Å²) in [6.07, 6.45) is 3.96. The molecule has 0 heterocycles. The lowest BCUT2D eigenvalue weighted by Crippen LogP contribution is -2.42. The molecule has 1 aliphatic rings. The highest BCUT2D eigenvalue weighted by atomic mass is 35.5. The van der Waals surface area contributed by atoms with Gasteiger partial charge < -0.3 is 10.2 Å². The average molecular weight is 299 g/mol. The molecule has 1 N–H and O–H groups in total. The molecule has 1 amide bonds. The Morgan fingerprint density at radius 1 is 1.35 bits per heavy atom. The topological polar surface area (TPSA) is 32.3 Å². The van der Waals surface area contributed by atoms with Crippen molar-refractivity contribution >= 4 is 17.5 Å². The molecule has 0 bridgehead atoms. The summed E-state index contributed by atoms with van der Waals surface area (Å²) in [7, 11) is 3.70. The Bertz CT molecular complexity index is 487. The summed E-state index contributed by atoms with van der Waals surface area (Å²) in [6, 6.07) is 4.78. The van der Waals surface area contributed by atoms with Crippen molar-refractivity contribution in [2.75, 3.05) is 14.1 Å². The molecule has 0 radical (unpaired) electrons. The number of rotatable bonds is 3. The van der Waals surface area contributed by atoms with Crippen LogP contribution in [-0.2, 0) is 0 Å². The number of carbonyl (C=O) groups excluding carboxylic acids is 1. The van der Waals surface area contributed by atoms with E-state index in [1.54, 1.807) is 11.9 Å². The highest BCUT2D eigenvalue weighted by molar-refractivity contribution is 6.31. The number of benzene rings is 1. The monoisotopic (exact) mass is 298 g/mol. The van der Waals surface area contributed by atoms with Crippen molar-refractivity contribution in [3.8, 4) is 0 Å². The number of hydrogen-bond acceptors (Lipinski definition) is 2. The SMILES string of the molecule is CNC1CCC(N(C)C(=O)c2cc(Cl)ccc2F)CC1. The maximum Gasteiger partial charge on any atom is 0.256 e. The summed E-state index contributed by atoms with van der Waals surface area (Å²) >= 11 is 5.84. The van der Waals surface area contributed by atoms with Gasteiger partial charge in [0.1, 0.15) is 5.82 Å². The first-order chi connectivity index (χ1) is 9.52. The van der Waals surface area contributed by atoms with E-state index in [2.05, 4.69) is 5.32 Å². The van der Waals surface area contributed by atoms with Gasteiger partial charge in [-0.15, -0.1) is 0 Å². The van der Waals surface area contributed by atoms with E-state index in [-0.39, 0.29) is 17.5 Å². The molecule has 1 aliphatic carbocycles. The summed E-state index contributed by atoms with van der Waals surface area (Å²) < 4.78 is 13.7. The Morgan fingerprint density at radius 2 is 2.00 bits per heavy atom. The van der Waals surface area contributed by atoms with Crippen molar-refractivity contribution in [2.45, 2.75) is 37.8 Å². The van der Waals surface area contributed by atoms with Crippen molar-refractivity contribution in [3.05, 3.63) is 34.6 Å². The second kappa shape index (κ2) is 6.55. The van der Waals surface area contributed by atoms with Crippen LogP contribution in [0, 0.1) is 5.82 Å². The van der Waals surface area contributed by atoms with Crippen molar-refractivity contribution in [3.63, 3.8) is 0 Å². The van der Waals surface area contributed by atoms with Gasteiger partial charge in [-0.25, -0.2) is 4.39 Å². The van der Waals surface area contributed by atoms with Gasteiger partial charge in [0.05, 0.1) is 5.56 Å². The van der Waals surface area contributed by atoms with E-state index >= 15 is 0 Å². The number of carbonyl (C=O) groups is 1. The van der Waals surface area contributed by atoms with Crippen LogP contribution in [0.4, 0.5) is 4.39 Å². The molecule has 0 aliphatic heterocycles. The standard InChI is InChI=1S/C15H20ClFN2O/c1-18-11-4-6-12(7-5-11)19(2)15(20)13-9-10(16)3-8-14(13)17/h3,8-9,11-12,18H,4-7H2,1-2H3. The van der Waals surface area contributed by atoms with Crippen molar-refractivity contribution in [2.24, 2.45) is 0 Å². The maximum absolute atomic E-state index is 13.7. The lowest BCUT2D eigenvalue weighted by atomic mass is 9.90. The molecule has 3 nitrogen and oxygen atoms in total. The Balaban J connectivity index is 2.07.